The second-order valence-corrected chi connectivity index (χ2v) is 6.51. The number of anilines is 1. The highest BCUT2D eigenvalue weighted by atomic mass is 16.6. The fourth-order valence-corrected chi connectivity index (χ4v) is 2.83. The Kier molecular flexibility index (Phi) is 6.33. The summed E-state index contributed by atoms with van der Waals surface area (Å²) in [5, 5.41) is 19.1. The number of nitrogens with two attached hydrogens (primary N) is 1. The molecule has 3 aromatic rings. The number of hydrogen-bond donors (Lipinski definition) is 2. The summed E-state index contributed by atoms with van der Waals surface area (Å²) in [4.78, 5) is 12.7. The van der Waals surface area contributed by atoms with E-state index in [9.17, 15) is 4.79 Å². The van der Waals surface area contributed by atoms with Crippen LogP contribution in [0.1, 0.15) is 41.5 Å². The number of rotatable bonds is 8. The molecule has 3 N–H and O–H groups in total. The van der Waals surface area contributed by atoms with Gasteiger partial charge in [-0.05, 0) is 16.2 Å². The van der Waals surface area contributed by atoms with E-state index in [-0.39, 0.29) is 23.2 Å². The lowest BCUT2D eigenvalue weighted by atomic mass is 10.1. The van der Waals surface area contributed by atoms with Gasteiger partial charge < -0.3 is 19.9 Å². The zero-order valence-corrected chi connectivity index (χ0v) is 17.6. The molecule has 13 nitrogen and oxygen atoms in total. The van der Waals surface area contributed by atoms with Crippen LogP contribution in [-0.4, -0.2) is 58.8 Å². The first-order valence-corrected chi connectivity index (χ1v) is 9.08. The highest BCUT2D eigenvalue weighted by molar-refractivity contribution is 5.95. The second kappa shape index (κ2) is 9.11. The number of ether oxygens (including phenoxy) is 3. The summed E-state index contributed by atoms with van der Waals surface area (Å²) >= 11 is 0. The number of hydrogen-bond acceptors (Lipinski definition) is 11. The molecule has 0 fully saturated rings. The van der Waals surface area contributed by atoms with E-state index in [1.807, 2.05) is 13.8 Å². The van der Waals surface area contributed by atoms with E-state index < -0.39 is 5.91 Å². The number of aromatic nitrogens is 5. The van der Waals surface area contributed by atoms with Crippen LogP contribution in [0.4, 0.5) is 5.82 Å². The predicted molar refractivity (Wildman–Crippen MR) is 109 cm³/mol. The summed E-state index contributed by atoms with van der Waals surface area (Å²) in [6.07, 6.45) is 1.40. The molecule has 0 aliphatic heterocycles. The van der Waals surface area contributed by atoms with Crippen LogP contribution in [0.25, 0.3) is 5.82 Å². The van der Waals surface area contributed by atoms with Crippen molar-refractivity contribution in [1.29, 1.82) is 0 Å². The van der Waals surface area contributed by atoms with E-state index in [0.717, 1.165) is 0 Å². The van der Waals surface area contributed by atoms with Gasteiger partial charge in [0.1, 0.15) is 17.2 Å². The van der Waals surface area contributed by atoms with E-state index in [1.54, 1.807) is 12.1 Å². The third kappa shape index (κ3) is 4.24. The van der Waals surface area contributed by atoms with Gasteiger partial charge in [-0.2, -0.15) is 9.78 Å². The number of benzene rings is 1. The zero-order chi connectivity index (χ0) is 22.5. The molecule has 164 valence electrons. The molecule has 31 heavy (non-hydrogen) atoms. The summed E-state index contributed by atoms with van der Waals surface area (Å²) < 4.78 is 21.8. The number of hydrazone groups is 1. The van der Waals surface area contributed by atoms with Crippen LogP contribution in [0.15, 0.2) is 21.9 Å². The van der Waals surface area contributed by atoms with Crippen molar-refractivity contribution in [3.63, 3.8) is 0 Å². The molecule has 13 heteroatoms. The van der Waals surface area contributed by atoms with Crippen molar-refractivity contribution in [1.82, 2.24) is 30.7 Å². The topological polar surface area (TPSA) is 165 Å². The molecule has 1 aromatic carbocycles. The van der Waals surface area contributed by atoms with Crippen molar-refractivity contribution >= 4 is 17.9 Å². The Hall–Kier alpha value is -4.16. The normalized spacial score (nSPS) is 11.2. The fourth-order valence-electron chi connectivity index (χ4n) is 2.83. The van der Waals surface area contributed by atoms with Crippen molar-refractivity contribution in [2.75, 3.05) is 27.1 Å². The smallest absolute Gasteiger partial charge is 0.293 e. The molecule has 0 saturated carbocycles. The molecule has 0 aliphatic rings. The van der Waals surface area contributed by atoms with Crippen LogP contribution in [0.5, 0.6) is 17.2 Å². The van der Waals surface area contributed by atoms with E-state index in [2.05, 4.69) is 35.8 Å². The average molecular weight is 430 g/mol. The first kappa shape index (κ1) is 21.5. The van der Waals surface area contributed by atoms with Crippen LogP contribution in [-0.2, 0) is 0 Å². The second-order valence-electron chi connectivity index (χ2n) is 6.51. The predicted octanol–water partition coefficient (Wildman–Crippen LogP) is 1.15. The Balaban J connectivity index is 1.88. The first-order chi connectivity index (χ1) is 14.9. The molecule has 0 bridgehead atoms. The maximum absolute atomic E-state index is 12.7. The minimum absolute atomic E-state index is 0.0236. The van der Waals surface area contributed by atoms with E-state index in [4.69, 9.17) is 19.9 Å². The minimum atomic E-state index is -0.576. The lowest BCUT2D eigenvalue weighted by Crippen LogP contribution is -2.21. The molecule has 3 rings (SSSR count). The highest BCUT2D eigenvalue weighted by Crippen LogP contribution is 2.32. The van der Waals surface area contributed by atoms with Crippen molar-refractivity contribution in [2.24, 2.45) is 5.10 Å². The van der Waals surface area contributed by atoms with Gasteiger partial charge in [0, 0.05) is 12.1 Å². The number of methoxy groups -OCH3 is 3. The highest BCUT2D eigenvalue weighted by Gasteiger charge is 2.25. The Morgan fingerprint density at radius 3 is 2.39 bits per heavy atom. The van der Waals surface area contributed by atoms with Gasteiger partial charge in [-0.3, -0.25) is 4.79 Å². The van der Waals surface area contributed by atoms with Crippen LogP contribution in [0.3, 0.4) is 0 Å². The molecular weight excluding hydrogens is 408 g/mol. The van der Waals surface area contributed by atoms with Crippen molar-refractivity contribution < 1.29 is 23.6 Å². The van der Waals surface area contributed by atoms with Gasteiger partial charge in [-0.15, -0.1) is 5.10 Å². The quantitative estimate of drug-likeness (QED) is 0.391. The third-order valence-corrected chi connectivity index (χ3v) is 4.28. The average Bonchev–Trinajstić information content (AvgIpc) is 3.39. The van der Waals surface area contributed by atoms with Gasteiger partial charge in [0.05, 0.1) is 38.8 Å². The summed E-state index contributed by atoms with van der Waals surface area (Å²) in [7, 11) is 4.54. The first-order valence-electron chi connectivity index (χ1n) is 9.08. The summed E-state index contributed by atoms with van der Waals surface area (Å²) in [5.41, 5.74) is 9.20. The zero-order valence-electron chi connectivity index (χ0n) is 17.6. The number of nitrogens with one attached hydrogen (secondary N) is 1. The number of nitrogens with zero attached hydrogens (tertiary/aromatic N) is 6. The number of carbonyl (C=O) groups is 1. The van der Waals surface area contributed by atoms with E-state index >= 15 is 0 Å². The summed E-state index contributed by atoms with van der Waals surface area (Å²) in [6.45, 7) is 3.73. The van der Waals surface area contributed by atoms with E-state index in [1.165, 1.54) is 32.2 Å². The van der Waals surface area contributed by atoms with Crippen LogP contribution < -0.4 is 25.4 Å². The lowest BCUT2D eigenvalue weighted by Gasteiger charge is -2.12. The Morgan fingerprint density at radius 1 is 1.19 bits per heavy atom. The van der Waals surface area contributed by atoms with Gasteiger partial charge in [0.2, 0.25) is 11.6 Å². The maximum Gasteiger partial charge on any atom is 0.293 e. The molecular formula is C18H22N8O5. The number of amides is 1. The molecule has 0 atom stereocenters. The van der Waals surface area contributed by atoms with Gasteiger partial charge in [-0.25, -0.2) is 10.1 Å². The minimum Gasteiger partial charge on any atom is -0.496 e. The molecule has 0 radical (unpaired) electrons. The molecule has 1 amide bonds. The molecule has 0 unspecified atom stereocenters. The fraction of sp³-hybridized carbons (Fsp3) is 0.333. The molecule has 0 aliphatic carbocycles. The Morgan fingerprint density at radius 2 is 1.87 bits per heavy atom. The van der Waals surface area contributed by atoms with Crippen molar-refractivity contribution in [2.45, 2.75) is 19.8 Å². The molecule has 2 aromatic heterocycles. The molecule has 0 saturated heterocycles. The SMILES string of the molecule is COc1cc(OC)c(C=NNC(=O)c2nnn(-c3nonc3N)c2C(C)C)c(OC)c1. The summed E-state index contributed by atoms with van der Waals surface area (Å²) in [5.74, 6) is 0.913. The van der Waals surface area contributed by atoms with Gasteiger partial charge >= 0.3 is 0 Å². The van der Waals surface area contributed by atoms with Gasteiger partial charge in [-0.1, -0.05) is 19.1 Å². The summed E-state index contributed by atoms with van der Waals surface area (Å²) in [6, 6.07) is 3.34. The number of carbonyl (C=O) groups excluding carboxylic acids is 1. The maximum atomic E-state index is 12.7. The largest absolute Gasteiger partial charge is 0.496 e. The standard InChI is InChI=1S/C18H22N8O5/c1-9(2)15-14(21-25-26(15)17-16(19)23-31-24-17)18(27)22-20-8-11-12(29-4)6-10(28-3)7-13(11)30-5/h6-9H,1-5H3,(H2,19,23)(H,22,27). The monoisotopic (exact) mass is 430 g/mol. The van der Waals surface area contributed by atoms with Gasteiger partial charge in [0.25, 0.3) is 5.91 Å². The Labute approximate surface area is 177 Å². The molecule has 2 heterocycles. The van der Waals surface area contributed by atoms with Crippen LogP contribution >= 0.6 is 0 Å². The number of nitrogen functional groups attached to an aromatic ring is 1. The van der Waals surface area contributed by atoms with E-state index in [0.29, 0.717) is 28.5 Å². The van der Waals surface area contributed by atoms with Crippen molar-refractivity contribution in [3.8, 4) is 23.1 Å². The van der Waals surface area contributed by atoms with Crippen molar-refractivity contribution in [3.05, 3.63) is 29.1 Å². The lowest BCUT2D eigenvalue weighted by molar-refractivity contribution is 0.0948. The molecule has 0 spiro atoms. The third-order valence-electron chi connectivity index (χ3n) is 4.28. The Bertz CT molecular complexity index is 1080. The van der Waals surface area contributed by atoms with Gasteiger partial charge in [0.15, 0.2) is 5.69 Å². The van der Waals surface area contributed by atoms with Crippen LogP contribution in [0.2, 0.25) is 0 Å². The van der Waals surface area contributed by atoms with Crippen LogP contribution in [0, 0.1) is 0 Å².